The normalized spacial score (nSPS) is 20.7. The van der Waals surface area contributed by atoms with Gasteiger partial charge in [0.1, 0.15) is 11.4 Å². The molecule has 1 atom stereocenters. The molecule has 2 aromatic heterocycles. The number of carbonyl (C=O) groups is 1. The average Bonchev–Trinajstić information content (AvgIpc) is 3.21. The molecule has 0 radical (unpaired) electrons. The van der Waals surface area contributed by atoms with Crippen molar-refractivity contribution in [2.75, 3.05) is 24.5 Å². The first-order valence-electron chi connectivity index (χ1n) is 7.57. The summed E-state index contributed by atoms with van der Waals surface area (Å²) in [6, 6.07) is 1.61. The standard InChI is InChI=1S/C15H19N5O3/c1-2-11-7-12(23-19-11)14(21)18-9-15(22)3-6-20(10-15)13-8-16-4-5-17-13/h4-5,7-8,22H,2-3,6,9-10H2,1H3,(H,18,21)/t15-/m0/s1. The second-order valence-electron chi connectivity index (χ2n) is 5.68. The summed E-state index contributed by atoms with van der Waals surface area (Å²) in [5.74, 6) is 0.510. The number of anilines is 1. The third-order valence-corrected chi connectivity index (χ3v) is 3.93. The number of nitrogens with one attached hydrogen (secondary N) is 1. The summed E-state index contributed by atoms with van der Waals surface area (Å²) in [6.45, 7) is 3.13. The van der Waals surface area contributed by atoms with Crippen molar-refractivity contribution >= 4 is 11.7 Å². The Balaban J connectivity index is 1.56. The minimum Gasteiger partial charge on any atom is -0.386 e. The van der Waals surface area contributed by atoms with Gasteiger partial charge in [-0.05, 0) is 12.8 Å². The molecule has 1 saturated heterocycles. The Bertz CT molecular complexity index is 675. The molecule has 0 spiro atoms. The van der Waals surface area contributed by atoms with Gasteiger partial charge in [0.25, 0.3) is 5.91 Å². The summed E-state index contributed by atoms with van der Waals surface area (Å²) < 4.78 is 4.98. The highest BCUT2D eigenvalue weighted by Gasteiger charge is 2.37. The summed E-state index contributed by atoms with van der Waals surface area (Å²) in [5, 5.41) is 17.1. The minimum absolute atomic E-state index is 0.144. The number of β-amino-alcohol motifs (C(OH)–C–C–N with tert-alkyl or cyclic N) is 1. The number of aromatic nitrogens is 3. The van der Waals surface area contributed by atoms with Crippen molar-refractivity contribution in [3.63, 3.8) is 0 Å². The van der Waals surface area contributed by atoms with Gasteiger partial charge in [-0.2, -0.15) is 0 Å². The van der Waals surface area contributed by atoms with Crippen molar-refractivity contribution in [1.29, 1.82) is 0 Å². The summed E-state index contributed by atoms with van der Waals surface area (Å²) in [6.07, 6.45) is 6.12. The summed E-state index contributed by atoms with van der Waals surface area (Å²) >= 11 is 0. The number of aliphatic hydroxyl groups is 1. The van der Waals surface area contributed by atoms with E-state index in [2.05, 4.69) is 20.4 Å². The van der Waals surface area contributed by atoms with Gasteiger partial charge in [0.05, 0.1) is 11.9 Å². The Morgan fingerprint density at radius 1 is 1.52 bits per heavy atom. The van der Waals surface area contributed by atoms with E-state index >= 15 is 0 Å². The highest BCUT2D eigenvalue weighted by Crippen LogP contribution is 2.24. The lowest BCUT2D eigenvalue weighted by Crippen LogP contribution is -2.45. The molecule has 2 aromatic rings. The number of aryl methyl sites for hydroxylation is 1. The molecule has 1 aliphatic rings. The van der Waals surface area contributed by atoms with Gasteiger partial charge >= 0.3 is 0 Å². The lowest BCUT2D eigenvalue weighted by Gasteiger charge is -2.23. The second-order valence-corrected chi connectivity index (χ2v) is 5.68. The minimum atomic E-state index is -0.999. The third-order valence-electron chi connectivity index (χ3n) is 3.93. The molecule has 2 N–H and O–H groups in total. The van der Waals surface area contributed by atoms with Crippen molar-refractivity contribution in [1.82, 2.24) is 20.4 Å². The van der Waals surface area contributed by atoms with Gasteiger partial charge in [0, 0.05) is 38.1 Å². The second kappa shape index (κ2) is 6.33. The van der Waals surface area contributed by atoms with Crippen LogP contribution in [0.25, 0.3) is 0 Å². The Hall–Kier alpha value is -2.48. The van der Waals surface area contributed by atoms with Crippen LogP contribution in [0.5, 0.6) is 0 Å². The molecule has 122 valence electrons. The van der Waals surface area contributed by atoms with Crippen molar-refractivity contribution in [3.05, 3.63) is 36.1 Å². The maximum atomic E-state index is 12.0. The van der Waals surface area contributed by atoms with E-state index in [4.69, 9.17) is 4.52 Å². The van der Waals surface area contributed by atoms with Crippen molar-refractivity contribution < 1.29 is 14.4 Å². The smallest absolute Gasteiger partial charge is 0.290 e. The van der Waals surface area contributed by atoms with E-state index in [1.54, 1.807) is 24.7 Å². The Labute approximate surface area is 133 Å². The quantitative estimate of drug-likeness (QED) is 0.822. The van der Waals surface area contributed by atoms with Crippen molar-refractivity contribution in [3.8, 4) is 0 Å². The van der Waals surface area contributed by atoms with E-state index in [9.17, 15) is 9.90 Å². The molecule has 0 saturated carbocycles. The van der Waals surface area contributed by atoms with Crippen LogP contribution in [0.1, 0.15) is 29.6 Å². The van der Waals surface area contributed by atoms with E-state index < -0.39 is 5.60 Å². The first kappa shape index (κ1) is 15.4. The molecule has 1 amide bonds. The number of hydrogen-bond acceptors (Lipinski definition) is 7. The molecule has 0 aliphatic carbocycles. The molecule has 0 bridgehead atoms. The van der Waals surface area contributed by atoms with Crippen LogP contribution in [0.15, 0.2) is 29.2 Å². The Kier molecular flexibility index (Phi) is 4.24. The van der Waals surface area contributed by atoms with E-state index in [-0.39, 0.29) is 18.2 Å². The van der Waals surface area contributed by atoms with E-state index in [1.165, 1.54) is 0 Å². The molecule has 3 rings (SSSR count). The fourth-order valence-electron chi connectivity index (χ4n) is 2.57. The van der Waals surface area contributed by atoms with Gasteiger partial charge in [-0.15, -0.1) is 0 Å². The third kappa shape index (κ3) is 3.48. The van der Waals surface area contributed by atoms with Crippen LogP contribution in [0.2, 0.25) is 0 Å². The van der Waals surface area contributed by atoms with Crippen LogP contribution in [-0.4, -0.2) is 51.4 Å². The Morgan fingerprint density at radius 2 is 2.39 bits per heavy atom. The fraction of sp³-hybridized carbons (Fsp3) is 0.467. The van der Waals surface area contributed by atoms with Gasteiger partial charge in [-0.1, -0.05) is 12.1 Å². The number of carbonyl (C=O) groups excluding carboxylic acids is 1. The zero-order valence-electron chi connectivity index (χ0n) is 12.9. The first-order valence-corrected chi connectivity index (χ1v) is 7.57. The predicted octanol–water partition coefficient (Wildman–Crippen LogP) is 0.398. The first-order chi connectivity index (χ1) is 11.1. The topological polar surface area (TPSA) is 104 Å². The van der Waals surface area contributed by atoms with Crippen LogP contribution < -0.4 is 10.2 Å². The van der Waals surface area contributed by atoms with Gasteiger partial charge in [-0.25, -0.2) is 4.98 Å². The lowest BCUT2D eigenvalue weighted by molar-refractivity contribution is 0.0564. The van der Waals surface area contributed by atoms with Gasteiger partial charge in [0.15, 0.2) is 0 Å². The number of hydrogen-bond donors (Lipinski definition) is 2. The summed E-state index contributed by atoms with van der Waals surface area (Å²) in [4.78, 5) is 22.2. The molecular formula is C15H19N5O3. The molecule has 23 heavy (non-hydrogen) atoms. The van der Waals surface area contributed by atoms with E-state index in [0.717, 1.165) is 11.5 Å². The van der Waals surface area contributed by atoms with E-state index in [1.807, 2.05) is 11.8 Å². The van der Waals surface area contributed by atoms with E-state index in [0.29, 0.717) is 25.9 Å². The maximum Gasteiger partial charge on any atom is 0.290 e. The molecule has 3 heterocycles. The van der Waals surface area contributed by atoms with Crippen molar-refractivity contribution in [2.24, 2.45) is 0 Å². The SMILES string of the molecule is CCc1cc(C(=O)NC[C@@]2(O)CCN(c3cnccn3)C2)on1. The molecule has 8 heteroatoms. The highest BCUT2D eigenvalue weighted by atomic mass is 16.5. The highest BCUT2D eigenvalue weighted by molar-refractivity contribution is 5.91. The monoisotopic (exact) mass is 317 g/mol. The average molecular weight is 317 g/mol. The maximum absolute atomic E-state index is 12.0. The van der Waals surface area contributed by atoms with Gasteiger partial charge in [0.2, 0.25) is 5.76 Å². The van der Waals surface area contributed by atoms with Crippen molar-refractivity contribution in [2.45, 2.75) is 25.4 Å². The largest absolute Gasteiger partial charge is 0.386 e. The van der Waals surface area contributed by atoms with Crippen LogP contribution in [0.3, 0.4) is 0 Å². The molecule has 1 fully saturated rings. The summed E-state index contributed by atoms with van der Waals surface area (Å²) in [5.41, 5.74) is -0.274. The molecular weight excluding hydrogens is 298 g/mol. The van der Waals surface area contributed by atoms with Gasteiger partial charge < -0.3 is 19.8 Å². The zero-order valence-corrected chi connectivity index (χ0v) is 12.9. The van der Waals surface area contributed by atoms with Crippen LogP contribution in [0, 0.1) is 0 Å². The molecule has 8 nitrogen and oxygen atoms in total. The number of amides is 1. The number of nitrogens with zero attached hydrogens (tertiary/aromatic N) is 4. The summed E-state index contributed by atoms with van der Waals surface area (Å²) in [7, 11) is 0. The zero-order chi connectivity index (χ0) is 16.3. The predicted molar refractivity (Wildman–Crippen MR) is 82.0 cm³/mol. The molecule has 1 aliphatic heterocycles. The lowest BCUT2D eigenvalue weighted by atomic mass is 10.0. The Morgan fingerprint density at radius 3 is 3.09 bits per heavy atom. The van der Waals surface area contributed by atoms with Crippen LogP contribution in [-0.2, 0) is 6.42 Å². The van der Waals surface area contributed by atoms with Crippen LogP contribution >= 0.6 is 0 Å². The molecule has 0 unspecified atom stereocenters. The fourth-order valence-corrected chi connectivity index (χ4v) is 2.57. The van der Waals surface area contributed by atoms with Crippen LogP contribution in [0.4, 0.5) is 5.82 Å². The molecule has 0 aromatic carbocycles. The number of rotatable bonds is 5. The van der Waals surface area contributed by atoms with Gasteiger partial charge in [-0.3, -0.25) is 9.78 Å².